The lowest BCUT2D eigenvalue weighted by Crippen LogP contribution is -2.44. The Balaban J connectivity index is 1.69. The standard InChI is InChI=1S/C23H28F3N3O2/c1-28-9-7-16(8-10-28)14-29(15-18-4-5-19(24)12-20(18)25)23(30)27-13-17-3-6-22(31-2)21(26)11-17/h3-6,11-12,16H,7-10,13-15H2,1-2H3,(H,27,30). The van der Waals surface area contributed by atoms with Gasteiger partial charge in [0.05, 0.1) is 13.7 Å². The molecule has 0 aromatic heterocycles. The van der Waals surface area contributed by atoms with Gasteiger partial charge in [-0.1, -0.05) is 12.1 Å². The second-order valence-corrected chi connectivity index (χ2v) is 7.99. The summed E-state index contributed by atoms with van der Waals surface area (Å²) < 4.78 is 46.3. The van der Waals surface area contributed by atoms with E-state index < -0.39 is 17.5 Å². The molecular weight excluding hydrogens is 407 g/mol. The van der Waals surface area contributed by atoms with Crippen LogP contribution in [0.5, 0.6) is 5.75 Å². The molecule has 31 heavy (non-hydrogen) atoms. The number of ether oxygens (including phenoxy) is 1. The van der Waals surface area contributed by atoms with Crippen LogP contribution in [0.2, 0.25) is 0 Å². The Labute approximate surface area is 180 Å². The smallest absolute Gasteiger partial charge is 0.317 e. The minimum absolute atomic E-state index is 0.0290. The van der Waals surface area contributed by atoms with Crippen molar-refractivity contribution < 1.29 is 22.7 Å². The summed E-state index contributed by atoms with van der Waals surface area (Å²) in [5, 5.41) is 2.79. The minimum Gasteiger partial charge on any atom is -0.494 e. The lowest BCUT2D eigenvalue weighted by atomic mass is 9.96. The Bertz CT molecular complexity index is 902. The average Bonchev–Trinajstić information content (AvgIpc) is 2.75. The maximum absolute atomic E-state index is 14.2. The van der Waals surface area contributed by atoms with Crippen LogP contribution in [-0.2, 0) is 13.1 Å². The first-order chi connectivity index (χ1) is 14.9. The van der Waals surface area contributed by atoms with Gasteiger partial charge in [-0.25, -0.2) is 18.0 Å². The number of rotatable bonds is 7. The number of carbonyl (C=O) groups excluding carboxylic acids is 1. The number of urea groups is 1. The first-order valence-electron chi connectivity index (χ1n) is 10.3. The number of hydrogen-bond donors (Lipinski definition) is 1. The Morgan fingerprint density at radius 2 is 1.87 bits per heavy atom. The molecule has 1 aliphatic rings. The van der Waals surface area contributed by atoms with Gasteiger partial charge in [0.2, 0.25) is 0 Å². The third-order valence-corrected chi connectivity index (χ3v) is 5.64. The number of hydrogen-bond acceptors (Lipinski definition) is 3. The van der Waals surface area contributed by atoms with Crippen LogP contribution >= 0.6 is 0 Å². The summed E-state index contributed by atoms with van der Waals surface area (Å²) in [5.74, 6) is -1.42. The van der Waals surface area contributed by atoms with Gasteiger partial charge in [-0.15, -0.1) is 0 Å². The predicted molar refractivity (Wildman–Crippen MR) is 112 cm³/mol. The molecule has 0 bridgehead atoms. The van der Waals surface area contributed by atoms with Crippen molar-refractivity contribution in [1.29, 1.82) is 0 Å². The van der Waals surface area contributed by atoms with Gasteiger partial charge >= 0.3 is 6.03 Å². The fourth-order valence-corrected chi connectivity index (χ4v) is 3.74. The lowest BCUT2D eigenvalue weighted by Gasteiger charge is -2.33. The van der Waals surface area contributed by atoms with Crippen LogP contribution < -0.4 is 10.1 Å². The summed E-state index contributed by atoms with van der Waals surface area (Å²) in [7, 11) is 3.44. The summed E-state index contributed by atoms with van der Waals surface area (Å²) in [6.07, 6.45) is 1.88. The van der Waals surface area contributed by atoms with E-state index in [0.717, 1.165) is 32.0 Å². The van der Waals surface area contributed by atoms with E-state index in [-0.39, 0.29) is 30.4 Å². The van der Waals surface area contributed by atoms with E-state index in [1.807, 2.05) is 0 Å². The Kier molecular flexibility index (Phi) is 7.79. The summed E-state index contributed by atoms with van der Waals surface area (Å²) in [6.45, 7) is 2.50. The van der Waals surface area contributed by atoms with E-state index >= 15 is 0 Å². The summed E-state index contributed by atoms with van der Waals surface area (Å²) in [6, 6.07) is 7.47. The molecule has 0 unspecified atom stereocenters. The molecule has 1 N–H and O–H groups in total. The fourth-order valence-electron chi connectivity index (χ4n) is 3.74. The van der Waals surface area contributed by atoms with Crippen molar-refractivity contribution >= 4 is 6.03 Å². The SMILES string of the molecule is COc1ccc(CNC(=O)N(Cc2ccc(F)cc2F)CC2CCN(C)CC2)cc1F. The van der Waals surface area contributed by atoms with Crippen molar-refractivity contribution in [3.8, 4) is 5.75 Å². The number of halogens is 3. The van der Waals surface area contributed by atoms with E-state index in [1.54, 1.807) is 11.0 Å². The van der Waals surface area contributed by atoms with Gasteiger partial charge in [0.25, 0.3) is 0 Å². The van der Waals surface area contributed by atoms with Crippen molar-refractivity contribution in [1.82, 2.24) is 15.1 Å². The normalized spacial score (nSPS) is 15.0. The molecule has 1 fully saturated rings. The number of benzene rings is 2. The number of nitrogens with one attached hydrogen (secondary N) is 1. The van der Waals surface area contributed by atoms with Gasteiger partial charge in [-0.2, -0.15) is 0 Å². The maximum atomic E-state index is 14.2. The van der Waals surface area contributed by atoms with Crippen molar-refractivity contribution in [2.24, 2.45) is 5.92 Å². The third-order valence-electron chi connectivity index (χ3n) is 5.64. The molecule has 5 nitrogen and oxygen atoms in total. The highest BCUT2D eigenvalue weighted by Gasteiger charge is 2.23. The lowest BCUT2D eigenvalue weighted by molar-refractivity contribution is 0.154. The predicted octanol–water partition coefficient (Wildman–Crippen LogP) is 4.17. The fraction of sp³-hybridized carbons (Fsp3) is 0.435. The van der Waals surface area contributed by atoms with Crippen LogP contribution in [0.1, 0.15) is 24.0 Å². The van der Waals surface area contributed by atoms with E-state index in [4.69, 9.17) is 4.74 Å². The van der Waals surface area contributed by atoms with Crippen LogP contribution in [0.4, 0.5) is 18.0 Å². The van der Waals surface area contributed by atoms with Gasteiger partial charge in [0.1, 0.15) is 11.6 Å². The Morgan fingerprint density at radius 3 is 2.52 bits per heavy atom. The van der Waals surface area contributed by atoms with Gasteiger partial charge in [0.15, 0.2) is 11.6 Å². The van der Waals surface area contributed by atoms with Crippen LogP contribution in [-0.4, -0.2) is 49.6 Å². The molecule has 2 amide bonds. The molecule has 168 valence electrons. The molecular formula is C23H28F3N3O2. The largest absolute Gasteiger partial charge is 0.494 e. The van der Waals surface area contributed by atoms with E-state index in [2.05, 4.69) is 17.3 Å². The molecule has 3 rings (SSSR count). The van der Waals surface area contributed by atoms with Crippen molar-refractivity contribution in [2.75, 3.05) is 33.8 Å². The zero-order valence-electron chi connectivity index (χ0n) is 17.8. The molecule has 8 heteroatoms. The third kappa shape index (κ3) is 6.37. The average molecular weight is 435 g/mol. The second kappa shape index (κ2) is 10.5. The number of nitrogens with zero attached hydrogens (tertiary/aromatic N) is 2. The quantitative estimate of drug-likeness (QED) is 0.710. The zero-order chi connectivity index (χ0) is 22.4. The first-order valence-corrected chi connectivity index (χ1v) is 10.3. The van der Waals surface area contributed by atoms with Gasteiger partial charge < -0.3 is 19.9 Å². The van der Waals surface area contributed by atoms with Crippen molar-refractivity contribution in [3.63, 3.8) is 0 Å². The molecule has 0 saturated carbocycles. The topological polar surface area (TPSA) is 44.8 Å². The highest BCUT2D eigenvalue weighted by atomic mass is 19.1. The molecule has 0 radical (unpaired) electrons. The van der Waals surface area contributed by atoms with Crippen molar-refractivity contribution in [3.05, 3.63) is 65.0 Å². The monoisotopic (exact) mass is 435 g/mol. The van der Waals surface area contributed by atoms with Crippen LogP contribution in [0.25, 0.3) is 0 Å². The molecule has 1 heterocycles. The number of piperidine rings is 1. The molecule has 0 aliphatic carbocycles. The molecule has 2 aromatic rings. The highest BCUT2D eigenvalue weighted by molar-refractivity contribution is 5.74. The Morgan fingerprint density at radius 1 is 1.13 bits per heavy atom. The van der Waals surface area contributed by atoms with Crippen molar-refractivity contribution in [2.45, 2.75) is 25.9 Å². The van der Waals surface area contributed by atoms with E-state index in [0.29, 0.717) is 18.0 Å². The van der Waals surface area contributed by atoms with Crippen LogP contribution in [0, 0.1) is 23.4 Å². The van der Waals surface area contributed by atoms with E-state index in [9.17, 15) is 18.0 Å². The van der Waals surface area contributed by atoms with Crippen LogP contribution in [0.15, 0.2) is 36.4 Å². The maximum Gasteiger partial charge on any atom is 0.317 e. The molecule has 1 saturated heterocycles. The molecule has 1 aliphatic heterocycles. The summed E-state index contributed by atoms with van der Waals surface area (Å²) in [5.41, 5.74) is 0.832. The first kappa shape index (κ1) is 22.9. The van der Waals surface area contributed by atoms with Crippen LogP contribution in [0.3, 0.4) is 0 Å². The number of likely N-dealkylation sites (tertiary alicyclic amines) is 1. The number of amides is 2. The second-order valence-electron chi connectivity index (χ2n) is 7.99. The molecule has 2 aromatic carbocycles. The van der Waals surface area contributed by atoms with Gasteiger partial charge in [-0.3, -0.25) is 0 Å². The summed E-state index contributed by atoms with van der Waals surface area (Å²) in [4.78, 5) is 16.7. The molecule has 0 spiro atoms. The minimum atomic E-state index is -0.682. The zero-order valence-corrected chi connectivity index (χ0v) is 17.8. The highest BCUT2D eigenvalue weighted by Crippen LogP contribution is 2.21. The summed E-state index contributed by atoms with van der Waals surface area (Å²) >= 11 is 0. The van der Waals surface area contributed by atoms with Gasteiger partial charge in [0, 0.05) is 24.7 Å². The van der Waals surface area contributed by atoms with E-state index in [1.165, 1.54) is 31.4 Å². The number of methoxy groups -OCH3 is 1. The molecule has 0 atom stereocenters. The number of carbonyl (C=O) groups is 1. The Hall–Kier alpha value is -2.74. The van der Waals surface area contributed by atoms with Gasteiger partial charge in [-0.05, 0) is 62.7 Å².